The molecule has 1 saturated carbocycles. The first-order chi connectivity index (χ1) is 6.73. The van der Waals surface area contributed by atoms with Gasteiger partial charge < -0.3 is 5.11 Å². The zero-order valence-corrected chi connectivity index (χ0v) is 8.85. The molecule has 0 amide bonds. The molecule has 76 valence electrons. The highest BCUT2D eigenvalue weighted by atomic mass is 32.1. The second-order valence-electron chi connectivity index (χ2n) is 4.04. The maximum Gasteiger partial charge on any atom is 0.304 e. The number of thiophene rings is 1. The largest absolute Gasteiger partial charge is 0.481 e. The van der Waals surface area contributed by atoms with Crippen LogP contribution in [-0.4, -0.2) is 11.1 Å². The van der Waals surface area contributed by atoms with Gasteiger partial charge in [0.25, 0.3) is 0 Å². The molecule has 0 atom stereocenters. The van der Waals surface area contributed by atoms with Crippen LogP contribution in [0.3, 0.4) is 0 Å². The van der Waals surface area contributed by atoms with Crippen molar-refractivity contribution in [1.29, 1.82) is 0 Å². The molecule has 2 rings (SSSR count). The van der Waals surface area contributed by atoms with Crippen molar-refractivity contribution >= 4 is 17.3 Å². The van der Waals surface area contributed by atoms with E-state index in [2.05, 4.69) is 6.07 Å². The van der Waals surface area contributed by atoms with Crippen molar-refractivity contribution in [2.24, 2.45) is 0 Å². The molecule has 1 aliphatic rings. The molecule has 1 heterocycles. The summed E-state index contributed by atoms with van der Waals surface area (Å²) in [4.78, 5) is 12.1. The maximum atomic E-state index is 10.9. The predicted molar refractivity (Wildman–Crippen MR) is 56.7 cm³/mol. The fourth-order valence-electron chi connectivity index (χ4n) is 2.43. The van der Waals surface area contributed by atoms with Crippen LogP contribution in [0.25, 0.3) is 0 Å². The smallest absolute Gasteiger partial charge is 0.304 e. The van der Waals surface area contributed by atoms with Crippen molar-refractivity contribution in [3.8, 4) is 0 Å². The summed E-state index contributed by atoms with van der Waals surface area (Å²) in [5, 5.41) is 11.0. The summed E-state index contributed by atoms with van der Waals surface area (Å²) < 4.78 is 0. The van der Waals surface area contributed by atoms with Crippen LogP contribution >= 0.6 is 11.3 Å². The van der Waals surface area contributed by atoms with Gasteiger partial charge in [0.15, 0.2) is 0 Å². The monoisotopic (exact) mass is 210 g/mol. The van der Waals surface area contributed by atoms with Crippen molar-refractivity contribution in [2.75, 3.05) is 0 Å². The first-order valence-electron chi connectivity index (χ1n) is 4.99. The van der Waals surface area contributed by atoms with E-state index in [9.17, 15) is 4.79 Å². The minimum atomic E-state index is -0.666. The van der Waals surface area contributed by atoms with Crippen LogP contribution < -0.4 is 0 Å². The van der Waals surface area contributed by atoms with Crippen molar-refractivity contribution in [2.45, 2.75) is 37.5 Å². The number of hydrogen-bond donors (Lipinski definition) is 1. The van der Waals surface area contributed by atoms with Gasteiger partial charge in [0.2, 0.25) is 0 Å². The van der Waals surface area contributed by atoms with Crippen molar-refractivity contribution < 1.29 is 9.90 Å². The lowest BCUT2D eigenvalue weighted by Gasteiger charge is -2.25. The lowest BCUT2D eigenvalue weighted by Crippen LogP contribution is -2.24. The van der Waals surface area contributed by atoms with E-state index >= 15 is 0 Å². The predicted octanol–water partition coefficient (Wildman–Crippen LogP) is 3.03. The van der Waals surface area contributed by atoms with Gasteiger partial charge in [0.05, 0.1) is 6.42 Å². The van der Waals surface area contributed by atoms with Crippen LogP contribution in [0.1, 0.15) is 37.0 Å². The van der Waals surface area contributed by atoms with Gasteiger partial charge in [0, 0.05) is 10.3 Å². The fraction of sp³-hybridized carbons (Fsp3) is 0.545. The Morgan fingerprint density at radius 1 is 1.50 bits per heavy atom. The standard InChI is InChI=1S/C11H14O2S/c12-10(13)8-11(5-1-2-6-11)9-4-3-7-14-9/h3-4,7H,1-2,5-6,8H2,(H,12,13). The molecule has 0 spiro atoms. The zero-order valence-electron chi connectivity index (χ0n) is 8.03. The van der Waals surface area contributed by atoms with Crippen LogP contribution in [0.2, 0.25) is 0 Å². The second-order valence-corrected chi connectivity index (χ2v) is 4.98. The van der Waals surface area contributed by atoms with Crippen molar-refractivity contribution in [1.82, 2.24) is 0 Å². The number of carboxylic acids is 1. The maximum absolute atomic E-state index is 10.9. The van der Waals surface area contributed by atoms with E-state index in [1.807, 2.05) is 11.4 Å². The lowest BCUT2D eigenvalue weighted by molar-refractivity contribution is -0.138. The van der Waals surface area contributed by atoms with Crippen LogP contribution in [0.15, 0.2) is 17.5 Å². The van der Waals surface area contributed by atoms with E-state index in [1.165, 1.54) is 17.7 Å². The Bertz CT molecular complexity index is 310. The Morgan fingerprint density at radius 2 is 2.21 bits per heavy atom. The van der Waals surface area contributed by atoms with Crippen molar-refractivity contribution in [3.63, 3.8) is 0 Å². The Balaban J connectivity index is 2.26. The molecule has 2 nitrogen and oxygen atoms in total. The third-order valence-corrected chi connectivity index (χ3v) is 4.21. The highest BCUT2D eigenvalue weighted by Gasteiger charge is 2.38. The van der Waals surface area contributed by atoms with Crippen molar-refractivity contribution in [3.05, 3.63) is 22.4 Å². The van der Waals surface area contributed by atoms with Crippen LogP contribution in [0, 0.1) is 0 Å². The van der Waals surface area contributed by atoms with Gasteiger partial charge in [0.1, 0.15) is 0 Å². The Morgan fingerprint density at radius 3 is 2.71 bits per heavy atom. The molecular formula is C11H14O2S. The summed E-state index contributed by atoms with van der Waals surface area (Å²) in [7, 11) is 0. The molecule has 0 aliphatic heterocycles. The third kappa shape index (κ3) is 1.69. The second kappa shape index (κ2) is 3.73. The van der Waals surface area contributed by atoms with E-state index in [0.717, 1.165) is 12.8 Å². The van der Waals surface area contributed by atoms with Gasteiger partial charge in [-0.15, -0.1) is 11.3 Å². The van der Waals surface area contributed by atoms with Gasteiger partial charge >= 0.3 is 5.97 Å². The van der Waals surface area contributed by atoms with Crippen LogP contribution in [-0.2, 0) is 10.2 Å². The minimum absolute atomic E-state index is 0.0417. The molecule has 1 fully saturated rings. The SMILES string of the molecule is O=C(O)CC1(c2cccs2)CCCC1. The molecule has 1 aromatic heterocycles. The van der Waals surface area contributed by atoms with Gasteiger partial charge in [-0.2, -0.15) is 0 Å². The number of hydrogen-bond acceptors (Lipinski definition) is 2. The number of rotatable bonds is 3. The van der Waals surface area contributed by atoms with Crippen LogP contribution in [0.4, 0.5) is 0 Å². The van der Waals surface area contributed by atoms with E-state index in [4.69, 9.17) is 5.11 Å². The quantitative estimate of drug-likeness (QED) is 0.832. The Kier molecular flexibility index (Phi) is 2.59. The summed E-state index contributed by atoms with van der Waals surface area (Å²) in [6.07, 6.45) is 4.73. The molecular weight excluding hydrogens is 196 g/mol. The first kappa shape index (κ1) is 9.71. The molecule has 0 saturated heterocycles. The summed E-state index contributed by atoms with van der Waals surface area (Å²) in [6.45, 7) is 0. The molecule has 0 radical (unpaired) electrons. The molecule has 14 heavy (non-hydrogen) atoms. The van der Waals surface area contributed by atoms with Gasteiger partial charge in [-0.3, -0.25) is 4.79 Å². The minimum Gasteiger partial charge on any atom is -0.481 e. The van der Waals surface area contributed by atoms with E-state index in [0.29, 0.717) is 6.42 Å². The molecule has 0 bridgehead atoms. The van der Waals surface area contributed by atoms with Gasteiger partial charge in [-0.1, -0.05) is 18.9 Å². The van der Waals surface area contributed by atoms with E-state index in [1.54, 1.807) is 11.3 Å². The molecule has 0 aromatic carbocycles. The molecule has 1 aliphatic carbocycles. The van der Waals surface area contributed by atoms with Crippen LogP contribution in [0.5, 0.6) is 0 Å². The number of aliphatic carboxylic acids is 1. The summed E-state index contributed by atoms with van der Waals surface area (Å²) >= 11 is 1.70. The topological polar surface area (TPSA) is 37.3 Å². The number of carbonyl (C=O) groups is 1. The zero-order chi connectivity index (χ0) is 10.0. The average Bonchev–Trinajstić information content (AvgIpc) is 2.69. The first-order valence-corrected chi connectivity index (χ1v) is 5.87. The highest BCUT2D eigenvalue weighted by Crippen LogP contribution is 2.45. The number of carboxylic acid groups (broad SMARTS) is 1. The third-order valence-electron chi connectivity index (χ3n) is 3.09. The summed E-state index contributed by atoms with van der Waals surface area (Å²) in [5.41, 5.74) is -0.0417. The normalized spacial score (nSPS) is 19.7. The molecule has 1 aromatic rings. The highest BCUT2D eigenvalue weighted by molar-refractivity contribution is 7.10. The molecule has 3 heteroatoms. The van der Waals surface area contributed by atoms with E-state index in [-0.39, 0.29) is 5.41 Å². The molecule has 1 N–H and O–H groups in total. The summed E-state index contributed by atoms with van der Waals surface area (Å²) in [5.74, 6) is -0.666. The Labute approximate surface area is 87.6 Å². The average molecular weight is 210 g/mol. The van der Waals surface area contributed by atoms with Gasteiger partial charge in [-0.25, -0.2) is 0 Å². The summed E-state index contributed by atoms with van der Waals surface area (Å²) in [6, 6.07) is 4.10. The van der Waals surface area contributed by atoms with E-state index < -0.39 is 5.97 Å². The fourth-order valence-corrected chi connectivity index (χ4v) is 3.42. The molecule has 0 unspecified atom stereocenters. The Hall–Kier alpha value is -0.830. The van der Waals surface area contributed by atoms with Gasteiger partial charge in [-0.05, 0) is 24.3 Å². The lowest BCUT2D eigenvalue weighted by atomic mass is 9.81.